The Morgan fingerprint density at radius 3 is 2.47 bits per heavy atom. The molecule has 4 heteroatoms. The molecule has 0 spiro atoms. The van der Waals surface area contributed by atoms with E-state index in [-0.39, 0.29) is 0 Å². The lowest BCUT2D eigenvalue weighted by Crippen LogP contribution is -2.01. The maximum Gasteiger partial charge on any atom is 0.145 e. The number of halogens is 1. The first-order chi connectivity index (χ1) is 9.02. The summed E-state index contributed by atoms with van der Waals surface area (Å²) in [5.74, 6) is 1.68. The van der Waals surface area contributed by atoms with Gasteiger partial charge in [-0.2, -0.15) is 0 Å². The predicted molar refractivity (Wildman–Crippen MR) is 82.4 cm³/mol. The first-order valence-corrected chi connectivity index (χ1v) is 6.85. The second kappa shape index (κ2) is 5.61. The lowest BCUT2D eigenvalue weighted by molar-refractivity contribution is 0.413. The summed E-state index contributed by atoms with van der Waals surface area (Å²) >= 11 is 3.38. The molecule has 0 radical (unpaired) electrons. The molecule has 1 N–H and O–H groups in total. The number of methoxy groups -OCH3 is 1. The summed E-state index contributed by atoms with van der Waals surface area (Å²) in [6.07, 6.45) is 1.77. The van der Waals surface area contributed by atoms with Crippen molar-refractivity contribution in [3.05, 3.63) is 45.6 Å². The molecule has 100 valence electrons. The molecule has 1 aromatic carbocycles. The smallest absolute Gasteiger partial charge is 0.145 e. The second-order valence-electron chi connectivity index (χ2n) is 4.53. The number of hydrogen-bond acceptors (Lipinski definition) is 3. The van der Waals surface area contributed by atoms with Crippen molar-refractivity contribution < 1.29 is 4.74 Å². The SMILES string of the molecule is COc1c(C)c(C)cc(C)c1Nc1ccc(Br)cn1. The number of hydrogen-bond donors (Lipinski definition) is 1. The van der Waals surface area contributed by atoms with Crippen LogP contribution in [0, 0.1) is 20.8 Å². The molecule has 0 atom stereocenters. The molecular weight excluding hydrogens is 304 g/mol. The molecule has 0 aliphatic carbocycles. The van der Waals surface area contributed by atoms with Crippen LogP contribution in [0.5, 0.6) is 5.75 Å². The summed E-state index contributed by atoms with van der Waals surface area (Å²) in [5.41, 5.74) is 4.49. The Hall–Kier alpha value is -1.55. The van der Waals surface area contributed by atoms with E-state index >= 15 is 0 Å². The Bertz CT molecular complexity index is 594. The Morgan fingerprint density at radius 2 is 1.89 bits per heavy atom. The van der Waals surface area contributed by atoms with Gasteiger partial charge >= 0.3 is 0 Å². The molecular formula is C15H17BrN2O. The van der Waals surface area contributed by atoms with E-state index in [9.17, 15) is 0 Å². The van der Waals surface area contributed by atoms with Crippen molar-refractivity contribution in [3.8, 4) is 5.75 Å². The standard InChI is InChI=1S/C15H17BrN2O/c1-9-7-10(2)14(15(19-4)11(9)3)18-13-6-5-12(16)8-17-13/h5-8H,1-4H3,(H,17,18). The van der Waals surface area contributed by atoms with Crippen molar-refractivity contribution in [1.29, 1.82) is 0 Å². The van der Waals surface area contributed by atoms with Gasteiger partial charge in [-0.15, -0.1) is 0 Å². The van der Waals surface area contributed by atoms with Crippen molar-refractivity contribution in [1.82, 2.24) is 4.98 Å². The molecule has 1 heterocycles. The van der Waals surface area contributed by atoms with Crippen molar-refractivity contribution in [2.24, 2.45) is 0 Å². The van der Waals surface area contributed by atoms with Crippen molar-refractivity contribution in [3.63, 3.8) is 0 Å². The molecule has 0 aliphatic heterocycles. The largest absolute Gasteiger partial charge is 0.494 e. The van der Waals surface area contributed by atoms with Gasteiger partial charge < -0.3 is 10.1 Å². The Balaban J connectivity index is 2.44. The summed E-state index contributed by atoms with van der Waals surface area (Å²) < 4.78 is 6.49. The third-order valence-electron chi connectivity index (χ3n) is 3.17. The Labute approximate surface area is 122 Å². The van der Waals surface area contributed by atoms with Gasteiger partial charge in [0.1, 0.15) is 11.6 Å². The van der Waals surface area contributed by atoms with Crippen LogP contribution in [0.25, 0.3) is 0 Å². The van der Waals surface area contributed by atoms with Crippen molar-refractivity contribution in [2.75, 3.05) is 12.4 Å². The Morgan fingerprint density at radius 1 is 1.16 bits per heavy atom. The second-order valence-corrected chi connectivity index (χ2v) is 5.45. The van der Waals surface area contributed by atoms with Crippen LogP contribution in [-0.4, -0.2) is 12.1 Å². The minimum atomic E-state index is 0.799. The molecule has 0 bridgehead atoms. The van der Waals surface area contributed by atoms with E-state index in [1.165, 1.54) is 5.56 Å². The number of benzene rings is 1. The van der Waals surface area contributed by atoms with Crippen LogP contribution in [0.2, 0.25) is 0 Å². The first kappa shape index (κ1) is 13.9. The van der Waals surface area contributed by atoms with Crippen LogP contribution in [0.1, 0.15) is 16.7 Å². The lowest BCUT2D eigenvalue weighted by atomic mass is 10.0. The van der Waals surface area contributed by atoms with Gasteiger partial charge in [-0.05, 0) is 65.5 Å². The third kappa shape index (κ3) is 2.89. The molecule has 3 nitrogen and oxygen atoms in total. The highest BCUT2D eigenvalue weighted by Gasteiger charge is 2.12. The number of rotatable bonds is 3. The first-order valence-electron chi connectivity index (χ1n) is 6.06. The van der Waals surface area contributed by atoms with E-state index < -0.39 is 0 Å². The van der Waals surface area contributed by atoms with Crippen molar-refractivity contribution >= 4 is 27.4 Å². The van der Waals surface area contributed by atoms with Crippen molar-refractivity contribution in [2.45, 2.75) is 20.8 Å². The highest BCUT2D eigenvalue weighted by Crippen LogP contribution is 2.35. The normalized spacial score (nSPS) is 10.4. The molecule has 0 aliphatic rings. The minimum absolute atomic E-state index is 0.799. The zero-order valence-electron chi connectivity index (χ0n) is 11.5. The zero-order valence-corrected chi connectivity index (χ0v) is 13.1. The predicted octanol–water partition coefficient (Wildman–Crippen LogP) is 4.52. The fourth-order valence-electron chi connectivity index (χ4n) is 2.04. The number of nitrogens with one attached hydrogen (secondary N) is 1. The Kier molecular flexibility index (Phi) is 4.10. The maximum atomic E-state index is 5.53. The summed E-state index contributed by atoms with van der Waals surface area (Å²) in [6, 6.07) is 6.04. The molecule has 19 heavy (non-hydrogen) atoms. The van der Waals surface area contributed by atoms with E-state index in [0.717, 1.165) is 32.9 Å². The summed E-state index contributed by atoms with van der Waals surface area (Å²) in [5, 5.41) is 3.33. The average molecular weight is 321 g/mol. The lowest BCUT2D eigenvalue weighted by Gasteiger charge is -2.17. The number of ether oxygens (including phenoxy) is 1. The van der Waals surface area contributed by atoms with E-state index in [0.29, 0.717) is 0 Å². The monoisotopic (exact) mass is 320 g/mol. The number of aromatic nitrogens is 1. The van der Waals surface area contributed by atoms with Gasteiger partial charge in [0, 0.05) is 10.7 Å². The minimum Gasteiger partial charge on any atom is -0.494 e. The molecule has 1 aromatic heterocycles. The van der Waals surface area contributed by atoms with Crippen LogP contribution in [0.3, 0.4) is 0 Å². The molecule has 0 unspecified atom stereocenters. The molecule has 0 fully saturated rings. The van der Waals surface area contributed by atoms with Crippen LogP contribution in [0.4, 0.5) is 11.5 Å². The van der Waals surface area contributed by atoms with Gasteiger partial charge in [-0.3, -0.25) is 0 Å². The van der Waals surface area contributed by atoms with Crippen LogP contribution in [0.15, 0.2) is 28.9 Å². The van der Waals surface area contributed by atoms with Crippen LogP contribution >= 0.6 is 15.9 Å². The summed E-state index contributed by atoms with van der Waals surface area (Å²) in [4.78, 5) is 4.33. The number of anilines is 2. The van der Waals surface area contributed by atoms with Gasteiger partial charge in [0.05, 0.1) is 12.8 Å². The van der Waals surface area contributed by atoms with E-state index in [4.69, 9.17) is 4.74 Å². The van der Waals surface area contributed by atoms with Gasteiger partial charge in [-0.25, -0.2) is 4.98 Å². The number of aryl methyl sites for hydroxylation is 2. The summed E-state index contributed by atoms with van der Waals surface area (Å²) in [7, 11) is 1.70. The summed E-state index contributed by atoms with van der Waals surface area (Å²) in [6.45, 7) is 6.22. The highest BCUT2D eigenvalue weighted by atomic mass is 79.9. The topological polar surface area (TPSA) is 34.1 Å². The van der Waals surface area contributed by atoms with Gasteiger partial charge in [0.25, 0.3) is 0 Å². The third-order valence-corrected chi connectivity index (χ3v) is 3.64. The van der Waals surface area contributed by atoms with E-state index in [2.05, 4.69) is 53.1 Å². The quantitative estimate of drug-likeness (QED) is 0.902. The molecule has 0 saturated heterocycles. The van der Waals surface area contributed by atoms with E-state index in [1.54, 1.807) is 13.3 Å². The highest BCUT2D eigenvalue weighted by molar-refractivity contribution is 9.10. The molecule has 2 rings (SSSR count). The number of pyridine rings is 1. The fraction of sp³-hybridized carbons (Fsp3) is 0.267. The maximum absolute atomic E-state index is 5.53. The van der Waals surface area contributed by atoms with E-state index in [1.807, 2.05) is 12.1 Å². The molecule has 0 amide bonds. The average Bonchev–Trinajstić information content (AvgIpc) is 2.39. The molecule has 0 saturated carbocycles. The zero-order chi connectivity index (χ0) is 14.0. The van der Waals surface area contributed by atoms with Crippen LogP contribution < -0.4 is 10.1 Å². The molecule has 2 aromatic rings. The van der Waals surface area contributed by atoms with Crippen LogP contribution in [-0.2, 0) is 0 Å². The fourth-order valence-corrected chi connectivity index (χ4v) is 2.27. The number of nitrogens with zero attached hydrogens (tertiary/aromatic N) is 1. The van der Waals surface area contributed by atoms with Gasteiger partial charge in [0.15, 0.2) is 0 Å². The van der Waals surface area contributed by atoms with Gasteiger partial charge in [0.2, 0.25) is 0 Å². The van der Waals surface area contributed by atoms with Gasteiger partial charge in [-0.1, -0.05) is 6.07 Å².